The van der Waals surface area contributed by atoms with Crippen molar-refractivity contribution in [3.63, 3.8) is 0 Å². The number of benzene rings is 2. The molecule has 5 heteroatoms. The van der Waals surface area contributed by atoms with Gasteiger partial charge in [-0.1, -0.05) is 30.3 Å². The van der Waals surface area contributed by atoms with Crippen molar-refractivity contribution >= 4 is 11.8 Å². The molecule has 0 atom stereocenters. The van der Waals surface area contributed by atoms with E-state index in [9.17, 15) is 14.7 Å². The summed E-state index contributed by atoms with van der Waals surface area (Å²) in [5.41, 5.74) is 1.64. The minimum absolute atomic E-state index is 0.0348. The van der Waals surface area contributed by atoms with Gasteiger partial charge in [0.2, 0.25) is 5.91 Å². The van der Waals surface area contributed by atoms with Crippen molar-refractivity contribution in [2.24, 2.45) is 0 Å². The van der Waals surface area contributed by atoms with Crippen LogP contribution in [0.1, 0.15) is 22.3 Å². The second-order valence-corrected chi connectivity index (χ2v) is 5.17. The molecule has 0 aromatic heterocycles. The second-order valence-electron chi connectivity index (χ2n) is 5.17. The molecule has 0 bridgehead atoms. The third kappa shape index (κ3) is 5.82. The first-order valence-corrected chi connectivity index (χ1v) is 7.53. The Bertz CT molecular complexity index is 639. The number of phenolic OH excluding ortho intramolecular Hbond substituents is 1. The SMILES string of the molecule is O=C(CNC(=O)c1ccccc1)NCCCc1ccc(O)cc1. The van der Waals surface area contributed by atoms with Crippen molar-refractivity contribution < 1.29 is 14.7 Å². The van der Waals surface area contributed by atoms with E-state index in [4.69, 9.17) is 0 Å². The lowest BCUT2D eigenvalue weighted by atomic mass is 10.1. The Morgan fingerprint density at radius 2 is 1.61 bits per heavy atom. The maximum absolute atomic E-state index is 11.8. The molecule has 2 rings (SSSR count). The van der Waals surface area contributed by atoms with Crippen molar-refractivity contribution in [1.82, 2.24) is 10.6 Å². The van der Waals surface area contributed by atoms with Gasteiger partial charge in [-0.15, -0.1) is 0 Å². The minimum atomic E-state index is -0.259. The molecule has 0 heterocycles. The number of carbonyl (C=O) groups excluding carboxylic acids is 2. The van der Waals surface area contributed by atoms with Crippen LogP contribution >= 0.6 is 0 Å². The first kappa shape index (κ1) is 16.5. The molecule has 0 aliphatic rings. The first-order valence-electron chi connectivity index (χ1n) is 7.53. The summed E-state index contributed by atoms with van der Waals surface area (Å²) in [6, 6.07) is 15.8. The predicted octanol–water partition coefficient (Wildman–Crippen LogP) is 1.87. The average Bonchev–Trinajstić information content (AvgIpc) is 2.59. The third-order valence-electron chi connectivity index (χ3n) is 3.35. The number of carbonyl (C=O) groups is 2. The average molecular weight is 312 g/mol. The molecule has 0 saturated carbocycles. The van der Waals surface area contributed by atoms with Crippen LogP contribution in [0, 0.1) is 0 Å². The van der Waals surface area contributed by atoms with Gasteiger partial charge in [0.05, 0.1) is 6.54 Å². The third-order valence-corrected chi connectivity index (χ3v) is 3.35. The lowest BCUT2D eigenvalue weighted by molar-refractivity contribution is -0.120. The number of hydrogen-bond donors (Lipinski definition) is 3. The maximum Gasteiger partial charge on any atom is 0.251 e. The number of aryl methyl sites for hydroxylation is 1. The number of rotatable bonds is 7. The summed E-state index contributed by atoms with van der Waals surface area (Å²) in [6.45, 7) is 0.508. The number of hydrogen-bond acceptors (Lipinski definition) is 3. The van der Waals surface area contributed by atoms with Crippen LogP contribution in [0.4, 0.5) is 0 Å². The Morgan fingerprint density at radius 3 is 2.30 bits per heavy atom. The molecule has 0 aliphatic carbocycles. The van der Waals surface area contributed by atoms with Crippen molar-refractivity contribution in [2.45, 2.75) is 12.8 Å². The molecule has 0 unspecified atom stereocenters. The van der Waals surface area contributed by atoms with Crippen LogP contribution in [-0.4, -0.2) is 30.0 Å². The van der Waals surface area contributed by atoms with E-state index in [1.54, 1.807) is 36.4 Å². The fraction of sp³-hybridized carbons (Fsp3) is 0.222. The molecule has 2 aromatic carbocycles. The van der Waals surface area contributed by atoms with Gasteiger partial charge in [0.1, 0.15) is 5.75 Å². The van der Waals surface area contributed by atoms with Gasteiger partial charge in [0, 0.05) is 12.1 Å². The lowest BCUT2D eigenvalue weighted by Crippen LogP contribution is -2.37. The van der Waals surface area contributed by atoms with Crippen molar-refractivity contribution in [2.75, 3.05) is 13.1 Å². The smallest absolute Gasteiger partial charge is 0.251 e. The molecule has 0 aliphatic heterocycles. The van der Waals surface area contributed by atoms with E-state index in [1.807, 2.05) is 18.2 Å². The molecule has 0 fully saturated rings. The van der Waals surface area contributed by atoms with Crippen LogP contribution in [0.25, 0.3) is 0 Å². The molecule has 5 nitrogen and oxygen atoms in total. The molecule has 2 amide bonds. The normalized spacial score (nSPS) is 10.1. The van der Waals surface area contributed by atoms with Crippen molar-refractivity contribution in [3.05, 3.63) is 65.7 Å². The maximum atomic E-state index is 11.8. The Kier molecular flexibility index (Phi) is 6.17. The lowest BCUT2D eigenvalue weighted by Gasteiger charge is -2.07. The van der Waals surface area contributed by atoms with Gasteiger partial charge in [0.25, 0.3) is 5.91 Å². The van der Waals surface area contributed by atoms with Crippen LogP contribution in [-0.2, 0) is 11.2 Å². The van der Waals surface area contributed by atoms with E-state index in [1.165, 1.54) is 0 Å². The van der Waals surface area contributed by atoms with Gasteiger partial charge in [-0.05, 0) is 42.7 Å². The molecule has 0 spiro atoms. The van der Waals surface area contributed by atoms with E-state index in [0.29, 0.717) is 12.1 Å². The molecule has 0 radical (unpaired) electrons. The fourth-order valence-corrected chi connectivity index (χ4v) is 2.10. The summed E-state index contributed by atoms with van der Waals surface area (Å²) in [5.74, 6) is -0.221. The van der Waals surface area contributed by atoms with Crippen LogP contribution < -0.4 is 10.6 Å². The van der Waals surface area contributed by atoms with Crippen molar-refractivity contribution in [3.8, 4) is 5.75 Å². The van der Waals surface area contributed by atoms with Gasteiger partial charge < -0.3 is 15.7 Å². The molecular weight excluding hydrogens is 292 g/mol. The molecule has 120 valence electrons. The van der Waals surface area contributed by atoms with Crippen molar-refractivity contribution in [1.29, 1.82) is 0 Å². The van der Waals surface area contributed by atoms with Gasteiger partial charge >= 0.3 is 0 Å². The van der Waals surface area contributed by atoms with E-state index in [-0.39, 0.29) is 24.1 Å². The molecule has 0 saturated heterocycles. The van der Waals surface area contributed by atoms with Crippen LogP contribution in [0.5, 0.6) is 5.75 Å². The fourth-order valence-electron chi connectivity index (χ4n) is 2.10. The summed E-state index contributed by atoms with van der Waals surface area (Å²) >= 11 is 0. The van der Waals surface area contributed by atoms with Crippen LogP contribution in [0.15, 0.2) is 54.6 Å². The van der Waals surface area contributed by atoms with Gasteiger partial charge in [-0.3, -0.25) is 9.59 Å². The zero-order valence-corrected chi connectivity index (χ0v) is 12.8. The Hall–Kier alpha value is -2.82. The second kappa shape index (κ2) is 8.58. The highest BCUT2D eigenvalue weighted by Crippen LogP contribution is 2.10. The minimum Gasteiger partial charge on any atom is -0.508 e. The standard InChI is InChI=1S/C18H20N2O3/c21-16-10-8-14(9-11-16)5-4-12-19-17(22)13-20-18(23)15-6-2-1-3-7-15/h1-3,6-11,21H,4-5,12-13H2,(H,19,22)(H,20,23). The van der Waals surface area contributed by atoms with E-state index < -0.39 is 0 Å². The highest BCUT2D eigenvalue weighted by Gasteiger charge is 2.06. The van der Waals surface area contributed by atoms with Gasteiger partial charge in [0.15, 0.2) is 0 Å². The van der Waals surface area contributed by atoms with E-state index in [2.05, 4.69) is 10.6 Å². The van der Waals surface area contributed by atoms with E-state index >= 15 is 0 Å². The number of phenols is 1. The highest BCUT2D eigenvalue weighted by atomic mass is 16.3. The Balaban J connectivity index is 1.62. The predicted molar refractivity (Wildman–Crippen MR) is 88.2 cm³/mol. The number of amides is 2. The number of aromatic hydroxyl groups is 1. The summed E-state index contributed by atoms with van der Waals surface area (Å²) in [6.07, 6.45) is 1.61. The summed E-state index contributed by atoms with van der Waals surface area (Å²) in [4.78, 5) is 23.5. The molecule has 3 N–H and O–H groups in total. The molecule has 23 heavy (non-hydrogen) atoms. The van der Waals surface area contributed by atoms with Gasteiger partial charge in [-0.2, -0.15) is 0 Å². The Labute approximate surface area is 135 Å². The quantitative estimate of drug-likeness (QED) is 0.683. The summed E-state index contributed by atoms with van der Waals surface area (Å²) in [5, 5.41) is 14.5. The van der Waals surface area contributed by atoms with Crippen LogP contribution in [0.2, 0.25) is 0 Å². The first-order chi connectivity index (χ1) is 11.1. The highest BCUT2D eigenvalue weighted by molar-refractivity contribution is 5.96. The van der Waals surface area contributed by atoms with E-state index in [0.717, 1.165) is 18.4 Å². The van der Waals surface area contributed by atoms with Crippen LogP contribution in [0.3, 0.4) is 0 Å². The zero-order valence-electron chi connectivity index (χ0n) is 12.8. The summed E-state index contributed by atoms with van der Waals surface area (Å²) < 4.78 is 0. The monoisotopic (exact) mass is 312 g/mol. The summed E-state index contributed by atoms with van der Waals surface area (Å²) in [7, 11) is 0. The molecular formula is C18H20N2O3. The Morgan fingerprint density at radius 1 is 0.913 bits per heavy atom. The number of nitrogens with one attached hydrogen (secondary N) is 2. The largest absolute Gasteiger partial charge is 0.508 e. The van der Waals surface area contributed by atoms with Gasteiger partial charge in [-0.25, -0.2) is 0 Å². The zero-order chi connectivity index (χ0) is 16.5. The topological polar surface area (TPSA) is 78.4 Å². The molecule has 2 aromatic rings.